The third kappa shape index (κ3) is 4.48. The maximum absolute atomic E-state index is 13.6. The molecule has 1 atom stereocenters. The maximum atomic E-state index is 13.6. The molecule has 0 saturated carbocycles. The molecule has 0 aliphatic heterocycles. The van der Waals surface area contributed by atoms with Crippen LogP contribution in [0, 0.1) is 5.82 Å². The third-order valence-electron chi connectivity index (χ3n) is 3.18. The van der Waals surface area contributed by atoms with Gasteiger partial charge in [-0.25, -0.2) is 4.39 Å². The molecule has 0 aromatic heterocycles. The fraction of sp³-hybridized carbons (Fsp3) is 0.294. The molecule has 0 heterocycles. The fourth-order valence-corrected chi connectivity index (χ4v) is 3.13. The van der Waals surface area contributed by atoms with Crippen molar-refractivity contribution in [1.29, 1.82) is 0 Å². The topological polar surface area (TPSA) is 21.3 Å². The molecule has 21 heavy (non-hydrogen) atoms. The minimum atomic E-state index is -0.163. The van der Waals surface area contributed by atoms with E-state index < -0.39 is 0 Å². The van der Waals surface area contributed by atoms with Crippen LogP contribution in [-0.4, -0.2) is 19.4 Å². The Balaban J connectivity index is 2.01. The van der Waals surface area contributed by atoms with E-state index in [0.717, 1.165) is 11.5 Å². The van der Waals surface area contributed by atoms with Gasteiger partial charge in [0.25, 0.3) is 0 Å². The van der Waals surface area contributed by atoms with E-state index in [1.54, 1.807) is 6.07 Å². The molecule has 0 aliphatic rings. The standard InChI is InChI=1S/C17H20FNOS/c1-3-20-14-10-8-13(9-11-14)16(19-2)12-21-17-7-5-4-6-15(17)18/h4-11,16,19H,3,12H2,1-2H3. The van der Waals surface area contributed by atoms with Crippen molar-refractivity contribution in [2.75, 3.05) is 19.4 Å². The van der Waals surface area contributed by atoms with Crippen LogP contribution in [0.5, 0.6) is 5.75 Å². The van der Waals surface area contributed by atoms with E-state index in [0.29, 0.717) is 11.5 Å². The van der Waals surface area contributed by atoms with Gasteiger partial charge in [-0.2, -0.15) is 0 Å². The highest BCUT2D eigenvalue weighted by Crippen LogP contribution is 2.27. The minimum Gasteiger partial charge on any atom is -0.494 e. The third-order valence-corrected chi connectivity index (χ3v) is 4.33. The molecule has 0 radical (unpaired) electrons. The summed E-state index contributed by atoms with van der Waals surface area (Å²) in [4.78, 5) is 0.684. The summed E-state index contributed by atoms with van der Waals surface area (Å²) in [6.07, 6.45) is 0. The molecule has 2 nitrogen and oxygen atoms in total. The van der Waals surface area contributed by atoms with Crippen LogP contribution in [0.25, 0.3) is 0 Å². The van der Waals surface area contributed by atoms with E-state index in [9.17, 15) is 4.39 Å². The number of nitrogens with one attached hydrogen (secondary N) is 1. The van der Waals surface area contributed by atoms with Gasteiger partial charge in [0.15, 0.2) is 0 Å². The zero-order valence-electron chi connectivity index (χ0n) is 12.3. The van der Waals surface area contributed by atoms with Crippen LogP contribution in [0.3, 0.4) is 0 Å². The van der Waals surface area contributed by atoms with E-state index in [1.807, 2.05) is 50.4 Å². The first-order valence-corrected chi connectivity index (χ1v) is 8.00. The smallest absolute Gasteiger partial charge is 0.136 e. The van der Waals surface area contributed by atoms with Crippen LogP contribution in [0.1, 0.15) is 18.5 Å². The lowest BCUT2D eigenvalue weighted by atomic mass is 10.1. The number of ether oxygens (including phenoxy) is 1. The molecular formula is C17H20FNOS. The van der Waals surface area contributed by atoms with Crippen LogP contribution < -0.4 is 10.1 Å². The van der Waals surface area contributed by atoms with Crippen molar-refractivity contribution in [2.24, 2.45) is 0 Å². The van der Waals surface area contributed by atoms with Crippen molar-refractivity contribution in [3.05, 3.63) is 59.9 Å². The van der Waals surface area contributed by atoms with Gasteiger partial charge in [-0.15, -0.1) is 11.8 Å². The lowest BCUT2D eigenvalue weighted by Crippen LogP contribution is -2.18. The molecular weight excluding hydrogens is 285 g/mol. The lowest BCUT2D eigenvalue weighted by Gasteiger charge is -2.17. The van der Waals surface area contributed by atoms with Crippen molar-refractivity contribution in [3.63, 3.8) is 0 Å². The summed E-state index contributed by atoms with van der Waals surface area (Å²) >= 11 is 1.52. The minimum absolute atomic E-state index is 0.163. The maximum Gasteiger partial charge on any atom is 0.136 e. The summed E-state index contributed by atoms with van der Waals surface area (Å²) in [7, 11) is 1.92. The van der Waals surface area contributed by atoms with Crippen molar-refractivity contribution < 1.29 is 9.13 Å². The predicted molar refractivity (Wildman–Crippen MR) is 86.5 cm³/mol. The Morgan fingerprint density at radius 2 is 1.86 bits per heavy atom. The van der Waals surface area contributed by atoms with Crippen LogP contribution in [0.4, 0.5) is 4.39 Å². The van der Waals surface area contributed by atoms with Gasteiger partial charge in [-0.1, -0.05) is 24.3 Å². The number of rotatable bonds is 7. The van der Waals surface area contributed by atoms with E-state index in [1.165, 1.54) is 23.4 Å². The average Bonchev–Trinajstić information content (AvgIpc) is 2.51. The Morgan fingerprint density at radius 1 is 1.14 bits per heavy atom. The number of hydrogen-bond donors (Lipinski definition) is 1. The van der Waals surface area contributed by atoms with Crippen LogP contribution in [0.2, 0.25) is 0 Å². The number of hydrogen-bond acceptors (Lipinski definition) is 3. The van der Waals surface area contributed by atoms with Crippen molar-refractivity contribution in [3.8, 4) is 5.75 Å². The highest BCUT2D eigenvalue weighted by molar-refractivity contribution is 7.99. The van der Waals surface area contributed by atoms with Crippen molar-refractivity contribution >= 4 is 11.8 Å². The van der Waals surface area contributed by atoms with Gasteiger partial charge in [-0.3, -0.25) is 0 Å². The quantitative estimate of drug-likeness (QED) is 0.772. The molecule has 2 rings (SSSR count). The first-order chi connectivity index (χ1) is 10.2. The lowest BCUT2D eigenvalue weighted by molar-refractivity contribution is 0.340. The molecule has 0 fully saturated rings. The molecule has 2 aromatic carbocycles. The number of thioether (sulfide) groups is 1. The van der Waals surface area contributed by atoms with Gasteiger partial charge >= 0.3 is 0 Å². The molecule has 0 spiro atoms. The van der Waals surface area contributed by atoms with Crippen LogP contribution in [-0.2, 0) is 0 Å². The SMILES string of the molecule is CCOc1ccc(C(CSc2ccccc2F)NC)cc1. The van der Waals surface area contributed by atoms with Gasteiger partial charge < -0.3 is 10.1 Å². The summed E-state index contributed by atoms with van der Waals surface area (Å²) in [6, 6.07) is 15.1. The second kappa shape index (κ2) is 8.05. The summed E-state index contributed by atoms with van der Waals surface area (Å²) < 4.78 is 19.1. The molecule has 0 saturated heterocycles. The summed E-state index contributed by atoms with van der Waals surface area (Å²) in [5.41, 5.74) is 1.17. The van der Waals surface area contributed by atoms with E-state index in [-0.39, 0.29) is 11.9 Å². The zero-order chi connectivity index (χ0) is 15.1. The summed E-state index contributed by atoms with van der Waals surface area (Å²) in [5.74, 6) is 1.48. The zero-order valence-corrected chi connectivity index (χ0v) is 13.1. The Kier molecular flexibility index (Phi) is 6.08. The molecule has 0 amide bonds. The first kappa shape index (κ1) is 15.9. The van der Waals surface area contributed by atoms with Crippen molar-refractivity contribution in [2.45, 2.75) is 17.9 Å². The number of halogens is 1. The molecule has 1 N–H and O–H groups in total. The Morgan fingerprint density at radius 3 is 2.48 bits per heavy atom. The number of benzene rings is 2. The monoisotopic (exact) mass is 305 g/mol. The van der Waals surface area contributed by atoms with Gasteiger partial charge in [0.05, 0.1) is 6.61 Å². The Bertz CT molecular complexity index is 559. The average molecular weight is 305 g/mol. The second-order valence-corrected chi connectivity index (χ2v) is 5.65. The van der Waals surface area contributed by atoms with Gasteiger partial charge in [0.1, 0.15) is 11.6 Å². The highest BCUT2D eigenvalue weighted by Gasteiger charge is 2.11. The van der Waals surface area contributed by atoms with Crippen molar-refractivity contribution in [1.82, 2.24) is 5.32 Å². The first-order valence-electron chi connectivity index (χ1n) is 7.02. The van der Waals surface area contributed by atoms with E-state index in [2.05, 4.69) is 5.32 Å². The summed E-state index contributed by atoms with van der Waals surface area (Å²) in [6.45, 7) is 2.63. The van der Waals surface area contributed by atoms with Gasteiger partial charge in [0.2, 0.25) is 0 Å². The van der Waals surface area contributed by atoms with Gasteiger partial charge in [-0.05, 0) is 43.8 Å². The fourth-order valence-electron chi connectivity index (χ4n) is 2.04. The molecule has 2 aromatic rings. The Labute approximate surface area is 129 Å². The Hall–Kier alpha value is -1.52. The normalized spacial score (nSPS) is 12.1. The van der Waals surface area contributed by atoms with Crippen LogP contribution in [0.15, 0.2) is 53.4 Å². The van der Waals surface area contributed by atoms with E-state index >= 15 is 0 Å². The van der Waals surface area contributed by atoms with Crippen LogP contribution >= 0.6 is 11.8 Å². The summed E-state index contributed by atoms with van der Waals surface area (Å²) in [5, 5.41) is 3.28. The molecule has 1 unspecified atom stereocenters. The highest BCUT2D eigenvalue weighted by atomic mass is 32.2. The molecule has 112 valence electrons. The molecule has 0 bridgehead atoms. The molecule has 4 heteroatoms. The van der Waals surface area contributed by atoms with E-state index in [4.69, 9.17) is 4.74 Å². The van der Waals surface area contributed by atoms with Gasteiger partial charge in [0, 0.05) is 16.7 Å². The largest absolute Gasteiger partial charge is 0.494 e. The molecule has 0 aliphatic carbocycles. The predicted octanol–water partition coefficient (Wildman–Crippen LogP) is 4.28. The second-order valence-electron chi connectivity index (χ2n) is 4.58.